The molecule has 2 N–H and O–H groups in total. The molecule has 9 heavy (non-hydrogen) atoms. The Morgan fingerprint density at radius 2 is 2.33 bits per heavy atom. The van der Waals surface area contributed by atoms with Crippen molar-refractivity contribution in [2.24, 2.45) is 0 Å². The lowest BCUT2D eigenvalue weighted by molar-refractivity contribution is -0.350. The summed E-state index contributed by atoms with van der Waals surface area (Å²) in [6, 6.07) is -0.0304. The first-order chi connectivity index (χ1) is 4.24. The molecule has 52 valence electrons. The summed E-state index contributed by atoms with van der Waals surface area (Å²) in [6.07, 6.45) is -1.02. The Kier molecular flexibility index (Phi) is 2.07. The van der Waals surface area contributed by atoms with Crippen LogP contribution in [0, 0.1) is 0 Å². The largest absolute Gasteiger partial charge is 0.388 e. The average Bonchev–Trinajstić information content (AvgIpc) is 2.10. The third-order valence-corrected chi connectivity index (χ3v) is 1.36. The van der Waals surface area contributed by atoms with Crippen molar-refractivity contribution in [1.29, 1.82) is 0 Å². The topological polar surface area (TPSA) is 58.9 Å². The summed E-state index contributed by atoms with van der Waals surface area (Å²) in [7, 11) is 1.81. The van der Waals surface area contributed by atoms with Gasteiger partial charge in [0, 0.05) is 6.00 Å². The smallest absolute Gasteiger partial charge is 0.216 e. The Labute approximate surface area is 53.7 Å². The van der Waals surface area contributed by atoms with Gasteiger partial charge in [0.25, 0.3) is 0 Å². The fourth-order valence-electron chi connectivity index (χ4n) is 0.921. The van der Waals surface area contributed by atoms with E-state index >= 15 is 0 Å². The van der Waals surface area contributed by atoms with Crippen LogP contribution in [0.3, 0.4) is 0 Å². The predicted molar refractivity (Wildman–Crippen MR) is 31.5 cm³/mol. The van der Waals surface area contributed by atoms with Crippen molar-refractivity contribution in [3.63, 3.8) is 0 Å². The van der Waals surface area contributed by atoms with Crippen LogP contribution in [0.2, 0.25) is 0 Å². The van der Waals surface area contributed by atoms with Crippen molar-refractivity contribution >= 4 is 7.85 Å². The second-order valence-electron chi connectivity index (χ2n) is 2.22. The van der Waals surface area contributed by atoms with Gasteiger partial charge < -0.3 is 9.84 Å². The molecule has 0 radical (unpaired) electrons. The molecule has 5 heteroatoms. The third kappa shape index (κ3) is 1.43. The van der Waals surface area contributed by atoms with Crippen LogP contribution in [-0.2, 0) is 9.62 Å². The number of hydrogen-bond acceptors (Lipinski definition) is 4. The van der Waals surface area contributed by atoms with Crippen molar-refractivity contribution in [2.45, 2.75) is 24.8 Å². The number of hydrogen-bond donors (Lipinski definition) is 2. The maximum atomic E-state index is 8.95. The lowest BCUT2D eigenvalue weighted by Crippen LogP contribution is -2.22. The van der Waals surface area contributed by atoms with E-state index < -0.39 is 12.4 Å². The van der Waals surface area contributed by atoms with Crippen molar-refractivity contribution in [1.82, 2.24) is 0 Å². The van der Waals surface area contributed by atoms with Crippen LogP contribution in [0.15, 0.2) is 0 Å². The van der Waals surface area contributed by atoms with Crippen molar-refractivity contribution < 1.29 is 20.0 Å². The predicted octanol–water partition coefficient (Wildman–Crippen LogP) is -1.46. The Morgan fingerprint density at radius 3 is 2.56 bits per heavy atom. The van der Waals surface area contributed by atoms with Crippen molar-refractivity contribution in [3.8, 4) is 0 Å². The molecule has 0 aromatic rings. The molecule has 0 saturated carbocycles. The Morgan fingerprint density at radius 1 is 1.67 bits per heavy atom. The first kappa shape index (κ1) is 7.02. The minimum Gasteiger partial charge on any atom is -0.388 e. The third-order valence-electron chi connectivity index (χ3n) is 1.36. The Balaban J connectivity index is 2.38. The highest BCUT2D eigenvalue weighted by molar-refractivity contribution is 6.11. The molecule has 4 nitrogen and oxygen atoms in total. The van der Waals surface area contributed by atoms with E-state index in [2.05, 4.69) is 4.89 Å². The minimum atomic E-state index is -0.847. The van der Waals surface area contributed by atoms with Gasteiger partial charge in [-0.2, -0.15) is 0 Å². The molecular formula is C4H9BO4. The molecule has 0 aromatic heterocycles. The fourth-order valence-corrected chi connectivity index (χ4v) is 0.921. The van der Waals surface area contributed by atoms with Crippen LogP contribution in [0.4, 0.5) is 0 Å². The summed E-state index contributed by atoms with van der Waals surface area (Å²) in [5.74, 6) is 0. The zero-order chi connectivity index (χ0) is 6.85. The van der Waals surface area contributed by atoms with E-state index in [0.717, 1.165) is 0 Å². The van der Waals surface area contributed by atoms with E-state index in [9.17, 15) is 0 Å². The monoisotopic (exact) mass is 132 g/mol. The lowest BCUT2D eigenvalue weighted by atomic mass is 9.97. The normalized spacial score (nSPS) is 43.6. The van der Waals surface area contributed by atoms with Gasteiger partial charge in [-0.15, -0.1) is 0 Å². The van der Waals surface area contributed by atoms with Gasteiger partial charge in [-0.1, -0.05) is 0 Å². The van der Waals surface area contributed by atoms with Crippen LogP contribution < -0.4 is 0 Å². The maximum Gasteiger partial charge on any atom is 0.216 e. The minimum absolute atomic E-state index is 0.0304. The number of aliphatic hydroxyl groups is 1. The summed E-state index contributed by atoms with van der Waals surface area (Å²) < 4.78 is 4.90. The summed E-state index contributed by atoms with van der Waals surface area (Å²) in [6.45, 7) is 0. The fraction of sp³-hybridized carbons (Fsp3) is 1.00. The second-order valence-corrected chi connectivity index (χ2v) is 2.22. The van der Waals surface area contributed by atoms with E-state index in [1.807, 2.05) is 7.85 Å². The highest BCUT2D eigenvalue weighted by atomic mass is 17.1. The highest BCUT2D eigenvalue weighted by Gasteiger charge is 2.31. The summed E-state index contributed by atoms with van der Waals surface area (Å²) in [5.41, 5.74) is 0. The molecule has 0 aromatic carbocycles. The molecule has 1 fully saturated rings. The van der Waals surface area contributed by atoms with Crippen LogP contribution in [-0.4, -0.2) is 36.6 Å². The number of rotatable bonds is 1. The molecule has 1 rings (SSSR count). The van der Waals surface area contributed by atoms with Crippen LogP contribution >= 0.6 is 0 Å². The van der Waals surface area contributed by atoms with Gasteiger partial charge in [0.1, 0.15) is 14.0 Å². The van der Waals surface area contributed by atoms with Crippen LogP contribution in [0.5, 0.6) is 0 Å². The molecule has 0 bridgehead atoms. The van der Waals surface area contributed by atoms with E-state index in [1.165, 1.54) is 0 Å². The Bertz CT molecular complexity index is 98.6. The second kappa shape index (κ2) is 2.66. The molecule has 1 saturated heterocycles. The Hall–Kier alpha value is -0.0951. The molecular weight excluding hydrogens is 123 g/mol. The molecule has 0 spiro atoms. The summed E-state index contributed by atoms with van der Waals surface area (Å²) >= 11 is 0. The lowest BCUT2D eigenvalue weighted by Gasteiger charge is -2.07. The molecule has 0 amide bonds. The van der Waals surface area contributed by atoms with Gasteiger partial charge in [-0.25, -0.2) is 10.1 Å². The summed E-state index contributed by atoms with van der Waals surface area (Å²) in [4.78, 5) is 3.82. The standard InChI is InChI=1S/C4H9BO4/c5-3-1-2(6)4(8-3)9-7/h2-4,6-7H,1,5H2/t2-,3+,4+/m1/s1. The molecule has 0 unspecified atom stereocenters. The van der Waals surface area contributed by atoms with Gasteiger partial charge >= 0.3 is 0 Å². The van der Waals surface area contributed by atoms with E-state index in [0.29, 0.717) is 6.42 Å². The first-order valence-electron chi connectivity index (χ1n) is 2.88. The van der Waals surface area contributed by atoms with Crippen LogP contribution in [0.1, 0.15) is 6.42 Å². The van der Waals surface area contributed by atoms with E-state index in [-0.39, 0.29) is 6.00 Å². The van der Waals surface area contributed by atoms with Gasteiger partial charge in [0.2, 0.25) is 6.29 Å². The first-order valence-corrected chi connectivity index (χ1v) is 2.88. The number of aliphatic hydroxyl groups excluding tert-OH is 1. The SMILES string of the molecule is B[C@@H]1C[C@@H](O)[C@H](OO)O1. The van der Waals surface area contributed by atoms with Gasteiger partial charge in [-0.05, 0) is 6.42 Å². The van der Waals surface area contributed by atoms with Gasteiger partial charge in [0.15, 0.2) is 0 Å². The number of ether oxygens (including phenoxy) is 1. The van der Waals surface area contributed by atoms with Crippen LogP contribution in [0.25, 0.3) is 0 Å². The average molecular weight is 132 g/mol. The van der Waals surface area contributed by atoms with Gasteiger partial charge in [-0.3, -0.25) is 0 Å². The quantitative estimate of drug-likeness (QED) is 0.260. The van der Waals surface area contributed by atoms with Crippen molar-refractivity contribution in [3.05, 3.63) is 0 Å². The van der Waals surface area contributed by atoms with Crippen molar-refractivity contribution in [2.75, 3.05) is 0 Å². The zero-order valence-electron chi connectivity index (χ0n) is 5.15. The van der Waals surface area contributed by atoms with Gasteiger partial charge in [0.05, 0.1) is 0 Å². The molecule has 1 aliphatic rings. The highest BCUT2D eigenvalue weighted by Crippen LogP contribution is 2.17. The molecule has 1 aliphatic heterocycles. The maximum absolute atomic E-state index is 8.95. The van der Waals surface area contributed by atoms with E-state index in [4.69, 9.17) is 15.1 Å². The molecule has 1 heterocycles. The van der Waals surface area contributed by atoms with E-state index in [1.54, 1.807) is 0 Å². The zero-order valence-corrected chi connectivity index (χ0v) is 5.15. The summed E-state index contributed by atoms with van der Waals surface area (Å²) in [5, 5.41) is 17.0. The molecule has 3 atom stereocenters. The molecule has 0 aliphatic carbocycles.